The van der Waals surface area contributed by atoms with Gasteiger partial charge in [0.1, 0.15) is 4.90 Å². The fourth-order valence-corrected chi connectivity index (χ4v) is 4.96. The first-order chi connectivity index (χ1) is 9.64. The van der Waals surface area contributed by atoms with Crippen LogP contribution in [0.4, 0.5) is 0 Å². The molecule has 0 aliphatic carbocycles. The van der Waals surface area contributed by atoms with E-state index in [0.29, 0.717) is 29.0 Å². The van der Waals surface area contributed by atoms with Crippen molar-refractivity contribution in [1.29, 1.82) is 0 Å². The first-order valence-corrected chi connectivity index (χ1v) is 9.07. The molecule has 0 aliphatic heterocycles. The Balaban J connectivity index is 3.46. The van der Waals surface area contributed by atoms with Gasteiger partial charge in [-0.25, -0.2) is 13.1 Å². The Bertz CT molecular complexity index is 592. The SMILES string of the molecule is CCC(CC)(CN)NS(=O)(=O)c1c(C)c(Cl)cc(C)c1Cl. The summed E-state index contributed by atoms with van der Waals surface area (Å²) in [6.45, 7) is 7.38. The molecule has 0 bridgehead atoms. The van der Waals surface area contributed by atoms with Crippen LogP contribution in [0.1, 0.15) is 37.8 Å². The normalized spacial score (nSPS) is 12.7. The number of aryl methyl sites for hydroxylation is 1. The third-order valence-electron chi connectivity index (χ3n) is 3.95. The van der Waals surface area contributed by atoms with Crippen molar-refractivity contribution in [2.45, 2.75) is 51.0 Å². The second-order valence-electron chi connectivity index (χ2n) is 5.24. The van der Waals surface area contributed by atoms with Crippen molar-refractivity contribution in [2.24, 2.45) is 5.73 Å². The van der Waals surface area contributed by atoms with Crippen LogP contribution >= 0.6 is 23.2 Å². The maximum Gasteiger partial charge on any atom is 0.242 e. The maximum absolute atomic E-state index is 12.8. The Morgan fingerprint density at radius 3 is 2.19 bits per heavy atom. The van der Waals surface area contributed by atoms with Gasteiger partial charge in [0.2, 0.25) is 10.0 Å². The Hall–Kier alpha value is -0.330. The van der Waals surface area contributed by atoms with Crippen LogP contribution < -0.4 is 10.5 Å². The fourth-order valence-electron chi connectivity index (χ4n) is 2.19. The summed E-state index contributed by atoms with van der Waals surface area (Å²) in [5.74, 6) is 0. The number of nitrogens with one attached hydrogen (secondary N) is 1. The summed E-state index contributed by atoms with van der Waals surface area (Å²) in [7, 11) is -3.81. The van der Waals surface area contributed by atoms with Crippen molar-refractivity contribution in [3.8, 4) is 0 Å². The molecule has 1 aromatic rings. The van der Waals surface area contributed by atoms with Crippen LogP contribution in [0.2, 0.25) is 10.0 Å². The number of nitrogens with two attached hydrogens (primary N) is 1. The molecule has 0 spiro atoms. The van der Waals surface area contributed by atoms with E-state index in [1.165, 1.54) is 0 Å². The predicted octanol–water partition coefficient (Wildman–Crippen LogP) is 3.41. The molecule has 0 saturated heterocycles. The van der Waals surface area contributed by atoms with Crippen LogP contribution in [-0.2, 0) is 10.0 Å². The number of halogens is 2. The average molecular weight is 353 g/mol. The highest BCUT2D eigenvalue weighted by molar-refractivity contribution is 7.89. The van der Waals surface area contributed by atoms with E-state index < -0.39 is 15.6 Å². The van der Waals surface area contributed by atoms with Gasteiger partial charge in [-0.1, -0.05) is 37.0 Å². The van der Waals surface area contributed by atoms with E-state index in [0.717, 1.165) is 0 Å². The lowest BCUT2D eigenvalue weighted by atomic mass is 9.95. The van der Waals surface area contributed by atoms with Crippen LogP contribution in [0.25, 0.3) is 0 Å². The molecule has 0 amide bonds. The Morgan fingerprint density at radius 2 is 1.76 bits per heavy atom. The standard InChI is InChI=1S/C14H22Cl2N2O2S/c1-5-14(6-2,8-17)18-21(19,20)13-10(4)11(15)7-9(3)12(13)16/h7,18H,5-6,8,17H2,1-4H3. The number of hydrogen-bond donors (Lipinski definition) is 2. The molecule has 0 unspecified atom stereocenters. The largest absolute Gasteiger partial charge is 0.329 e. The summed E-state index contributed by atoms with van der Waals surface area (Å²) < 4.78 is 28.2. The van der Waals surface area contributed by atoms with Crippen molar-refractivity contribution >= 4 is 33.2 Å². The lowest BCUT2D eigenvalue weighted by molar-refractivity contribution is 0.363. The highest BCUT2D eigenvalue weighted by Crippen LogP contribution is 2.34. The van der Waals surface area contributed by atoms with Gasteiger partial charge < -0.3 is 5.73 Å². The molecular formula is C14H22Cl2N2O2S. The Labute approximate surface area is 137 Å². The lowest BCUT2D eigenvalue weighted by Crippen LogP contribution is -2.52. The van der Waals surface area contributed by atoms with E-state index in [4.69, 9.17) is 28.9 Å². The predicted molar refractivity (Wildman–Crippen MR) is 88.6 cm³/mol. The zero-order valence-electron chi connectivity index (χ0n) is 12.8. The smallest absolute Gasteiger partial charge is 0.242 e. The molecular weight excluding hydrogens is 331 g/mol. The van der Waals surface area contributed by atoms with Gasteiger partial charge >= 0.3 is 0 Å². The van der Waals surface area contributed by atoms with Crippen LogP contribution in [0.15, 0.2) is 11.0 Å². The molecule has 3 N–H and O–H groups in total. The van der Waals surface area contributed by atoms with Crippen molar-refractivity contribution < 1.29 is 8.42 Å². The molecule has 0 saturated carbocycles. The van der Waals surface area contributed by atoms with Gasteiger partial charge in [-0.15, -0.1) is 0 Å². The molecule has 1 aromatic carbocycles. The molecule has 0 fully saturated rings. The van der Waals surface area contributed by atoms with Gasteiger partial charge in [-0.05, 0) is 43.9 Å². The monoisotopic (exact) mass is 352 g/mol. The molecule has 0 aliphatic rings. The van der Waals surface area contributed by atoms with E-state index in [-0.39, 0.29) is 16.5 Å². The van der Waals surface area contributed by atoms with Crippen molar-refractivity contribution in [1.82, 2.24) is 4.72 Å². The van der Waals surface area contributed by atoms with Gasteiger partial charge in [0, 0.05) is 17.1 Å². The first-order valence-electron chi connectivity index (χ1n) is 6.83. The van der Waals surface area contributed by atoms with Crippen LogP contribution in [0, 0.1) is 13.8 Å². The first kappa shape index (κ1) is 18.7. The number of benzene rings is 1. The zero-order chi connectivity index (χ0) is 16.4. The van der Waals surface area contributed by atoms with Crippen molar-refractivity contribution in [3.05, 3.63) is 27.2 Å². The van der Waals surface area contributed by atoms with Crippen LogP contribution in [0.5, 0.6) is 0 Å². The summed E-state index contributed by atoms with van der Waals surface area (Å²) in [6.07, 6.45) is 1.19. The molecule has 4 nitrogen and oxygen atoms in total. The van der Waals surface area contributed by atoms with Crippen LogP contribution in [0.3, 0.4) is 0 Å². The fraction of sp³-hybridized carbons (Fsp3) is 0.571. The van der Waals surface area contributed by atoms with E-state index >= 15 is 0 Å². The minimum atomic E-state index is -3.81. The van der Waals surface area contributed by atoms with Crippen molar-refractivity contribution in [3.63, 3.8) is 0 Å². The molecule has 7 heteroatoms. The third kappa shape index (κ3) is 3.71. The van der Waals surface area contributed by atoms with E-state index in [1.807, 2.05) is 13.8 Å². The molecule has 1 rings (SSSR count). The van der Waals surface area contributed by atoms with Gasteiger partial charge in [-0.3, -0.25) is 0 Å². The Kier molecular flexibility index (Phi) is 6.09. The Morgan fingerprint density at radius 1 is 1.24 bits per heavy atom. The summed E-state index contributed by atoms with van der Waals surface area (Å²) in [5, 5.41) is 0.575. The third-order valence-corrected chi connectivity index (χ3v) is 6.69. The summed E-state index contributed by atoms with van der Waals surface area (Å²) >= 11 is 12.3. The van der Waals surface area contributed by atoms with Crippen molar-refractivity contribution in [2.75, 3.05) is 6.54 Å². The quantitative estimate of drug-likeness (QED) is 0.823. The molecule has 0 radical (unpaired) electrons. The molecule has 120 valence electrons. The number of rotatable bonds is 6. The van der Waals surface area contributed by atoms with E-state index in [9.17, 15) is 8.42 Å². The van der Waals surface area contributed by atoms with E-state index in [2.05, 4.69) is 4.72 Å². The molecule has 0 aromatic heterocycles. The molecule has 21 heavy (non-hydrogen) atoms. The van der Waals surface area contributed by atoms with E-state index in [1.54, 1.807) is 19.9 Å². The minimum absolute atomic E-state index is 0.0360. The van der Waals surface area contributed by atoms with Gasteiger partial charge in [0.25, 0.3) is 0 Å². The number of sulfonamides is 1. The maximum atomic E-state index is 12.8. The average Bonchev–Trinajstić information content (AvgIpc) is 2.43. The van der Waals surface area contributed by atoms with Gasteiger partial charge in [-0.2, -0.15) is 0 Å². The summed E-state index contributed by atoms with van der Waals surface area (Å²) in [5.41, 5.74) is 6.15. The highest BCUT2D eigenvalue weighted by Gasteiger charge is 2.33. The highest BCUT2D eigenvalue weighted by atomic mass is 35.5. The summed E-state index contributed by atoms with van der Waals surface area (Å²) in [6, 6.07) is 1.66. The summed E-state index contributed by atoms with van der Waals surface area (Å²) in [4.78, 5) is 0.0360. The minimum Gasteiger partial charge on any atom is -0.329 e. The molecule has 0 atom stereocenters. The second kappa shape index (κ2) is 6.84. The molecule has 0 heterocycles. The van der Waals surface area contributed by atoms with Gasteiger partial charge in [0.05, 0.1) is 5.02 Å². The van der Waals surface area contributed by atoms with Gasteiger partial charge in [0.15, 0.2) is 0 Å². The lowest BCUT2D eigenvalue weighted by Gasteiger charge is -2.31. The topological polar surface area (TPSA) is 72.2 Å². The number of hydrogen-bond acceptors (Lipinski definition) is 3. The van der Waals surface area contributed by atoms with Crippen LogP contribution in [-0.4, -0.2) is 20.5 Å². The second-order valence-corrected chi connectivity index (χ2v) is 7.64. The zero-order valence-corrected chi connectivity index (χ0v) is 15.1.